The van der Waals surface area contributed by atoms with Crippen molar-refractivity contribution in [2.45, 2.75) is 26.3 Å². The van der Waals surface area contributed by atoms with Gasteiger partial charge in [-0.05, 0) is 32.0 Å². The number of halogens is 2. The molecule has 0 aromatic heterocycles. The molecule has 0 fully saturated rings. The molecule has 0 saturated heterocycles. The molecule has 0 unspecified atom stereocenters. The maximum Gasteiger partial charge on any atom is 0.265 e. The molecule has 0 atom stereocenters. The number of methoxy groups -OCH3 is 1. The van der Waals surface area contributed by atoms with Gasteiger partial charge in [0.2, 0.25) is 0 Å². The monoisotopic (exact) mass is 258 g/mol. The second-order valence-electron chi connectivity index (χ2n) is 4.40. The van der Waals surface area contributed by atoms with Crippen LogP contribution in [-0.2, 0) is 4.74 Å². The van der Waals surface area contributed by atoms with Crippen LogP contribution in [-0.4, -0.2) is 26.3 Å². The van der Waals surface area contributed by atoms with Crippen LogP contribution in [0.25, 0.3) is 0 Å². The number of rotatable bonds is 6. The first-order valence-electron chi connectivity index (χ1n) is 5.90. The second-order valence-corrected chi connectivity index (χ2v) is 4.40. The summed E-state index contributed by atoms with van der Waals surface area (Å²) >= 11 is 0. The van der Waals surface area contributed by atoms with Gasteiger partial charge >= 0.3 is 0 Å². The molecule has 0 bridgehead atoms. The normalized spacial score (nSPS) is 11.3. The average molecular weight is 258 g/mol. The third-order valence-electron chi connectivity index (χ3n) is 2.76. The summed E-state index contributed by atoms with van der Waals surface area (Å²) in [4.78, 5) is 1.89. The smallest absolute Gasteiger partial charge is 0.265 e. The molecule has 1 aromatic rings. The molecule has 0 aliphatic carbocycles. The van der Waals surface area contributed by atoms with E-state index in [1.807, 2.05) is 18.7 Å². The minimum Gasteiger partial charge on any atom is -0.399 e. The van der Waals surface area contributed by atoms with Gasteiger partial charge in [-0.25, -0.2) is 8.78 Å². The Balaban J connectivity index is 3.10. The number of hydrogen-bond acceptors (Lipinski definition) is 3. The summed E-state index contributed by atoms with van der Waals surface area (Å²) < 4.78 is 31.1. The van der Waals surface area contributed by atoms with Crippen LogP contribution in [0, 0.1) is 0 Å². The quantitative estimate of drug-likeness (QED) is 0.797. The largest absolute Gasteiger partial charge is 0.399 e. The molecule has 0 amide bonds. The van der Waals surface area contributed by atoms with Crippen LogP contribution >= 0.6 is 0 Å². The van der Waals surface area contributed by atoms with Gasteiger partial charge in [-0.15, -0.1) is 0 Å². The summed E-state index contributed by atoms with van der Waals surface area (Å²) in [5.74, 6) is 0. The van der Waals surface area contributed by atoms with Crippen molar-refractivity contribution < 1.29 is 13.5 Å². The number of hydrogen-bond donors (Lipinski definition) is 1. The standard InChI is InChI=1S/C13H20F2N2O/c1-9(2)17(6-7-18-3)12-5-4-10(16)8-11(12)13(14)15/h4-5,8-9,13H,6-7,16H2,1-3H3. The average Bonchev–Trinajstić information content (AvgIpc) is 2.30. The summed E-state index contributed by atoms with van der Waals surface area (Å²) in [6, 6.07) is 4.74. The van der Waals surface area contributed by atoms with Crippen LogP contribution in [0.15, 0.2) is 18.2 Å². The van der Waals surface area contributed by atoms with Gasteiger partial charge in [0.05, 0.1) is 6.61 Å². The fourth-order valence-electron chi connectivity index (χ4n) is 1.86. The lowest BCUT2D eigenvalue weighted by Gasteiger charge is -2.30. The lowest BCUT2D eigenvalue weighted by Crippen LogP contribution is -2.34. The van der Waals surface area contributed by atoms with Gasteiger partial charge in [-0.1, -0.05) is 0 Å². The highest BCUT2D eigenvalue weighted by molar-refractivity contribution is 5.60. The summed E-state index contributed by atoms with van der Waals surface area (Å²) in [5.41, 5.74) is 6.41. The minimum atomic E-state index is -2.53. The highest BCUT2D eigenvalue weighted by atomic mass is 19.3. The number of nitrogen functional groups attached to an aromatic ring is 1. The number of nitrogens with zero attached hydrogens (tertiary/aromatic N) is 1. The van der Waals surface area contributed by atoms with Crippen LogP contribution in [0.4, 0.5) is 20.2 Å². The van der Waals surface area contributed by atoms with Crippen LogP contribution in [0.3, 0.4) is 0 Å². The molecule has 5 heteroatoms. The lowest BCUT2D eigenvalue weighted by molar-refractivity contribution is 0.151. The third kappa shape index (κ3) is 3.57. The number of ether oxygens (including phenoxy) is 1. The first-order chi connectivity index (χ1) is 8.47. The number of nitrogens with two attached hydrogens (primary N) is 1. The van der Waals surface area contributed by atoms with Gasteiger partial charge < -0.3 is 15.4 Å². The number of benzene rings is 1. The van der Waals surface area contributed by atoms with Crippen molar-refractivity contribution in [3.8, 4) is 0 Å². The second kappa shape index (κ2) is 6.54. The van der Waals surface area contributed by atoms with Crippen LogP contribution in [0.1, 0.15) is 25.8 Å². The molecular formula is C13H20F2N2O. The van der Waals surface area contributed by atoms with Crippen molar-refractivity contribution in [3.05, 3.63) is 23.8 Å². The number of alkyl halides is 2. The van der Waals surface area contributed by atoms with E-state index in [1.54, 1.807) is 19.2 Å². The van der Waals surface area contributed by atoms with Gasteiger partial charge in [0, 0.05) is 36.6 Å². The van der Waals surface area contributed by atoms with Gasteiger partial charge in [0.15, 0.2) is 0 Å². The summed E-state index contributed by atoms with van der Waals surface area (Å²) in [5, 5.41) is 0. The Morgan fingerprint density at radius 1 is 1.33 bits per heavy atom. The third-order valence-corrected chi connectivity index (χ3v) is 2.76. The van der Waals surface area contributed by atoms with Crippen molar-refractivity contribution in [2.24, 2.45) is 0 Å². The maximum atomic E-state index is 13.0. The molecule has 18 heavy (non-hydrogen) atoms. The van der Waals surface area contributed by atoms with Crippen molar-refractivity contribution in [1.82, 2.24) is 0 Å². The first-order valence-corrected chi connectivity index (χ1v) is 5.90. The van der Waals surface area contributed by atoms with Gasteiger partial charge in [-0.2, -0.15) is 0 Å². The molecule has 1 rings (SSSR count). The zero-order valence-corrected chi connectivity index (χ0v) is 11.0. The van der Waals surface area contributed by atoms with Crippen LogP contribution in [0.5, 0.6) is 0 Å². The molecular weight excluding hydrogens is 238 g/mol. The molecule has 1 aromatic carbocycles. The molecule has 0 saturated carbocycles. The molecule has 0 aliphatic heterocycles. The zero-order valence-electron chi connectivity index (χ0n) is 11.0. The molecule has 102 valence electrons. The van der Waals surface area contributed by atoms with E-state index in [0.717, 1.165) is 0 Å². The van der Waals surface area contributed by atoms with E-state index in [4.69, 9.17) is 10.5 Å². The highest BCUT2D eigenvalue weighted by Crippen LogP contribution is 2.32. The summed E-state index contributed by atoms with van der Waals surface area (Å²) in [6.07, 6.45) is -2.53. The molecule has 0 aliphatic rings. The lowest BCUT2D eigenvalue weighted by atomic mass is 10.1. The SMILES string of the molecule is COCCN(c1ccc(N)cc1C(F)F)C(C)C. The Morgan fingerprint density at radius 2 is 2.00 bits per heavy atom. The molecule has 0 spiro atoms. The Labute approximate surface area is 107 Å². The summed E-state index contributed by atoms with van der Waals surface area (Å²) in [7, 11) is 1.59. The Hall–Kier alpha value is -1.36. The minimum absolute atomic E-state index is 0.0280. The van der Waals surface area contributed by atoms with Gasteiger partial charge in [0.1, 0.15) is 0 Å². The van der Waals surface area contributed by atoms with E-state index in [9.17, 15) is 8.78 Å². The predicted molar refractivity (Wildman–Crippen MR) is 70.2 cm³/mol. The maximum absolute atomic E-state index is 13.0. The number of anilines is 2. The van der Waals surface area contributed by atoms with E-state index >= 15 is 0 Å². The molecule has 0 heterocycles. The topological polar surface area (TPSA) is 38.5 Å². The Kier molecular flexibility index (Phi) is 5.34. The van der Waals surface area contributed by atoms with E-state index in [2.05, 4.69) is 0 Å². The van der Waals surface area contributed by atoms with E-state index in [-0.39, 0.29) is 11.6 Å². The molecule has 0 radical (unpaired) electrons. The van der Waals surface area contributed by atoms with Gasteiger partial charge in [0.25, 0.3) is 6.43 Å². The van der Waals surface area contributed by atoms with Crippen molar-refractivity contribution in [1.29, 1.82) is 0 Å². The molecule has 3 nitrogen and oxygen atoms in total. The van der Waals surface area contributed by atoms with Crippen LogP contribution < -0.4 is 10.6 Å². The Morgan fingerprint density at radius 3 is 2.50 bits per heavy atom. The fourth-order valence-corrected chi connectivity index (χ4v) is 1.86. The van der Waals surface area contributed by atoms with E-state index < -0.39 is 6.43 Å². The predicted octanol–water partition coefficient (Wildman–Crippen LogP) is 3.07. The van der Waals surface area contributed by atoms with Crippen molar-refractivity contribution in [2.75, 3.05) is 30.9 Å². The van der Waals surface area contributed by atoms with Crippen LogP contribution in [0.2, 0.25) is 0 Å². The first kappa shape index (κ1) is 14.7. The van der Waals surface area contributed by atoms with Crippen molar-refractivity contribution in [3.63, 3.8) is 0 Å². The van der Waals surface area contributed by atoms with E-state index in [0.29, 0.717) is 24.5 Å². The molecule has 2 N–H and O–H groups in total. The van der Waals surface area contributed by atoms with Crippen molar-refractivity contribution >= 4 is 11.4 Å². The van der Waals surface area contributed by atoms with E-state index in [1.165, 1.54) is 6.07 Å². The Bertz CT molecular complexity index is 383. The zero-order chi connectivity index (χ0) is 13.7. The summed E-state index contributed by atoms with van der Waals surface area (Å²) in [6.45, 7) is 4.98. The highest BCUT2D eigenvalue weighted by Gasteiger charge is 2.19. The fraction of sp³-hybridized carbons (Fsp3) is 0.538. The van der Waals surface area contributed by atoms with Gasteiger partial charge in [-0.3, -0.25) is 0 Å².